The number of nitrogens with zero attached hydrogens (tertiary/aromatic N) is 1. The van der Waals surface area contributed by atoms with Crippen LogP contribution in [-0.2, 0) is 0 Å². The molecule has 2 aliphatic carbocycles. The van der Waals surface area contributed by atoms with E-state index in [4.69, 9.17) is 0 Å². The van der Waals surface area contributed by atoms with E-state index in [0.717, 1.165) is 35.2 Å². The van der Waals surface area contributed by atoms with Crippen LogP contribution in [0, 0.1) is 11.8 Å². The van der Waals surface area contributed by atoms with Crippen LogP contribution in [-0.4, -0.2) is 9.55 Å². The van der Waals surface area contributed by atoms with E-state index in [1.54, 1.807) is 0 Å². The first-order chi connectivity index (χ1) is 29.0. The number of aromatic nitrogens is 2. The average Bonchev–Trinajstić information content (AvgIpc) is 3.80. The highest BCUT2D eigenvalue weighted by atomic mass is 15.0. The molecule has 2 heterocycles. The fourth-order valence-electron chi connectivity index (χ4n) is 9.42. The molecule has 0 amide bonds. The van der Waals surface area contributed by atoms with Gasteiger partial charge in [-0.3, -0.25) is 0 Å². The Balaban J connectivity index is 1.06. The quantitative estimate of drug-likeness (QED) is 0.167. The fraction of sp³-hybridized carbons (Fsp3) is 0.107. The molecule has 2 unspecified atom stereocenters. The van der Waals surface area contributed by atoms with Gasteiger partial charge in [-0.25, -0.2) is 0 Å². The summed E-state index contributed by atoms with van der Waals surface area (Å²) in [6, 6.07) is 56.0. The number of hydrogen-bond donors (Lipinski definition) is 2. The van der Waals surface area contributed by atoms with Crippen molar-refractivity contribution in [3.8, 4) is 27.9 Å². The van der Waals surface area contributed by atoms with Crippen LogP contribution in [0.25, 0.3) is 82.7 Å². The lowest BCUT2D eigenvalue weighted by Crippen LogP contribution is -1.99. The maximum Gasteiger partial charge on any atom is 0.0562 e. The van der Waals surface area contributed by atoms with E-state index in [0.29, 0.717) is 11.8 Å². The van der Waals surface area contributed by atoms with Crippen LogP contribution in [0.3, 0.4) is 0 Å². The third kappa shape index (κ3) is 6.40. The predicted molar refractivity (Wildman–Crippen MR) is 253 cm³/mol. The van der Waals surface area contributed by atoms with Crippen molar-refractivity contribution >= 4 is 66.1 Å². The number of anilines is 2. The van der Waals surface area contributed by atoms with Crippen LogP contribution in [0.4, 0.5) is 11.4 Å². The number of aromatic amines is 1. The van der Waals surface area contributed by atoms with Gasteiger partial charge in [0.05, 0.1) is 11.0 Å². The van der Waals surface area contributed by atoms with Gasteiger partial charge in [-0.1, -0.05) is 135 Å². The molecule has 2 aliphatic rings. The smallest absolute Gasteiger partial charge is 0.0562 e. The number of rotatable bonds is 7. The van der Waals surface area contributed by atoms with Crippen LogP contribution < -0.4 is 5.32 Å². The Morgan fingerprint density at radius 2 is 1.17 bits per heavy atom. The molecule has 2 aromatic heterocycles. The Labute approximate surface area is 345 Å². The summed E-state index contributed by atoms with van der Waals surface area (Å²) in [5, 5.41) is 8.80. The summed E-state index contributed by atoms with van der Waals surface area (Å²) in [5.41, 5.74) is 18.1. The standard InChI is InChI=1S/C56H45N3/c1-36-12-8-16-39(28-36)41-18-10-20-45(30-41)57-53-26-24-43(32-48(53)38-14-4-3-5-15-38)44-25-27-55-50(33-44)51-34-49-47-22-6-7-23-52(47)58-54(49)35-56(51)59(55)46-21-11-19-42(31-46)40-17-9-13-37(2)29-40/h3-27,30-37,57-58H,28-29H2,1-2H3. The number of H-pyrrole nitrogens is 1. The second-order valence-electron chi connectivity index (χ2n) is 16.6. The fourth-order valence-corrected chi connectivity index (χ4v) is 9.42. The second-order valence-corrected chi connectivity index (χ2v) is 16.6. The molecule has 0 bridgehead atoms. The average molecular weight is 760 g/mol. The Kier molecular flexibility index (Phi) is 8.55. The lowest BCUT2D eigenvalue weighted by molar-refractivity contribution is 0.749. The minimum Gasteiger partial charge on any atom is -0.355 e. The molecule has 0 aliphatic heterocycles. The van der Waals surface area contributed by atoms with Crippen molar-refractivity contribution in [3.05, 3.63) is 199 Å². The van der Waals surface area contributed by atoms with Gasteiger partial charge in [0.25, 0.3) is 0 Å². The topological polar surface area (TPSA) is 32.8 Å². The van der Waals surface area contributed by atoms with Crippen molar-refractivity contribution in [2.75, 3.05) is 5.32 Å². The molecule has 0 saturated heterocycles. The zero-order valence-corrected chi connectivity index (χ0v) is 33.4. The number of hydrogen-bond acceptors (Lipinski definition) is 1. The van der Waals surface area contributed by atoms with Crippen molar-refractivity contribution < 1.29 is 0 Å². The van der Waals surface area contributed by atoms with Crippen LogP contribution in [0.2, 0.25) is 0 Å². The molecule has 2 N–H and O–H groups in total. The molecule has 3 nitrogen and oxygen atoms in total. The summed E-state index contributed by atoms with van der Waals surface area (Å²) < 4.78 is 2.46. The van der Waals surface area contributed by atoms with Crippen molar-refractivity contribution in [2.24, 2.45) is 11.8 Å². The Morgan fingerprint density at radius 1 is 0.492 bits per heavy atom. The van der Waals surface area contributed by atoms with Gasteiger partial charge in [-0.2, -0.15) is 0 Å². The maximum atomic E-state index is 3.82. The van der Waals surface area contributed by atoms with E-state index < -0.39 is 0 Å². The van der Waals surface area contributed by atoms with Gasteiger partial charge in [0.2, 0.25) is 0 Å². The molecule has 0 spiro atoms. The normalized spacial score (nSPS) is 16.6. The summed E-state index contributed by atoms with van der Waals surface area (Å²) >= 11 is 0. The van der Waals surface area contributed by atoms with Crippen LogP contribution >= 0.6 is 0 Å². The van der Waals surface area contributed by atoms with Crippen LogP contribution in [0.1, 0.15) is 37.8 Å². The van der Waals surface area contributed by atoms with Crippen LogP contribution in [0.5, 0.6) is 0 Å². The highest BCUT2D eigenvalue weighted by molar-refractivity contribution is 6.18. The molecule has 0 saturated carbocycles. The van der Waals surface area contributed by atoms with E-state index in [1.165, 1.54) is 82.8 Å². The SMILES string of the molecule is CC1C=CC=C(c2cccc(Nc3ccc(-c4ccc5c(c4)c4cc6c(cc4n5-c4cccc(C5=CC=CC(C)C5)c4)[nH]c4ccccc46)cc3-c3ccccc3)c2)C1. The molecule has 0 radical (unpaired) electrons. The van der Waals surface area contributed by atoms with Crippen molar-refractivity contribution in [3.63, 3.8) is 0 Å². The van der Waals surface area contributed by atoms with Crippen molar-refractivity contribution in [1.29, 1.82) is 0 Å². The van der Waals surface area contributed by atoms with Gasteiger partial charge in [0.15, 0.2) is 0 Å². The third-order valence-electron chi connectivity index (χ3n) is 12.4. The highest BCUT2D eigenvalue weighted by Gasteiger charge is 2.19. The number of benzene rings is 7. The van der Waals surface area contributed by atoms with Crippen molar-refractivity contribution in [2.45, 2.75) is 26.7 Å². The number of fused-ring (bicyclic) bond motifs is 6. The number of para-hydroxylation sites is 1. The first-order valence-corrected chi connectivity index (χ1v) is 20.9. The van der Waals surface area contributed by atoms with Crippen molar-refractivity contribution in [1.82, 2.24) is 9.55 Å². The van der Waals surface area contributed by atoms with Gasteiger partial charge in [-0.15, -0.1) is 0 Å². The molecule has 284 valence electrons. The molecular weight excluding hydrogens is 715 g/mol. The number of allylic oxidation sites excluding steroid dienone is 8. The first-order valence-electron chi connectivity index (χ1n) is 20.9. The highest BCUT2D eigenvalue weighted by Crippen LogP contribution is 2.41. The van der Waals surface area contributed by atoms with E-state index in [9.17, 15) is 0 Å². The Bertz CT molecular complexity index is 3220. The molecular formula is C56H45N3. The molecule has 59 heavy (non-hydrogen) atoms. The van der Waals surface area contributed by atoms with Gasteiger partial charge in [-0.05, 0) is 130 Å². The summed E-state index contributed by atoms with van der Waals surface area (Å²) in [6.07, 6.45) is 15.6. The predicted octanol–water partition coefficient (Wildman–Crippen LogP) is 15.5. The third-order valence-corrected chi connectivity index (χ3v) is 12.4. The minimum absolute atomic E-state index is 0.532. The molecule has 9 aromatic rings. The summed E-state index contributed by atoms with van der Waals surface area (Å²) in [6.45, 7) is 4.58. The van der Waals surface area contributed by atoms with E-state index in [-0.39, 0.29) is 0 Å². The summed E-state index contributed by atoms with van der Waals surface area (Å²) in [7, 11) is 0. The Hall–Kier alpha value is -7.10. The maximum absolute atomic E-state index is 3.82. The summed E-state index contributed by atoms with van der Waals surface area (Å²) in [4.78, 5) is 3.72. The van der Waals surface area contributed by atoms with Gasteiger partial charge < -0.3 is 14.9 Å². The molecule has 0 fully saturated rings. The summed E-state index contributed by atoms with van der Waals surface area (Å²) in [5.74, 6) is 1.08. The van der Waals surface area contributed by atoms with E-state index in [1.807, 2.05) is 0 Å². The van der Waals surface area contributed by atoms with E-state index in [2.05, 4.69) is 217 Å². The lowest BCUT2D eigenvalue weighted by atomic mass is 9.91. The molecule has 2 atom stereocenters. The molecule has 11 rings (SSSR count). The van der Waals surface area contributed by atoms with Crippen LogP contribution in [0.15, 0.2) is 188 Å². The number of nitrogens with one attached hydrogen (secondary N) is 2. The minimum atomic E-state index is 0.532. The van der Waals surface area contributed by atoms with E-state index >= 15 is 0 Å². The molecule has 3 heteroatoms. The molecule has 7 aromatic carbocycles. The zero-order valence-electron chi connectivity index (χ0n) is 33.4. The second kappa shape index (κ2) is 14.4. The van der Waals surface area contributed by atoms with Gasteiger partial charge >= 0.3 is 0 Å². The van der Waals surface area contributed by atoms with Gasteiger partial charge in [0.1, 0.15) is 0 Å². The lowest BCUT2D eigenvalue weighted by Gasteiger charge is -2.18. The zero-order chi connectivity index (χ0) is 39.5. The monoisotopic (exact) mass is 759 g/mol. The largest absolute Gasteiger partial charge is 0.355 e. The first kappa shape index (κ1) is 35.1. The Morgan fingerprint density at radius 3 is 1.97 bits per heavy atom. The van der Waals surface area contributed by atoms with Gasteiger partial charge in [0, 0.05) is 55.2 Å².